The largest absolute Gasteiger partial charge is 0.466 e. The van der Waals surface area contributed by atoms with Gasteiger partial charge in [-0.1, -0.05) is 30.3 Å². The second-order valence-electron chi connectivity index (χ2n) is 5.21. The molecule has 0 aliphatic carbocycles. The molecule has 22 heavy (non-hydrogen) atoms. The van der Waals surface area contributed by atoms with Crippen LogP contribution in [-0.2, 0) is 14.3 Å². The van der Waals surface area contributed by atoms with Crippen LogP contribution in [0.3, 0.4) is 0 Å². The monoisotopic (exact) mass is 304 g/mol. The third-order valence-electron chi connectivity index (χ3n) is 3.61. The fourth-order valence-electron chi connectivity index (χ4n) is 2.42. The molecule has 2 rings (SSSR count). The highest BCUT2D eigenvalue weighted by Gasteiger charge is 2.42. The third kappa shape index (κ3) is 3.63. The standard InChI is InChI=1S/C16H20N2O4/c1-3-22-15(20)10-13-9-14(19)18(13)16(21)17-11(2)12-7-5-4-6-8-12/h4-8,11,13H,3,9-10H2,1-2H3,(H,17,21)/t11-,13+/m1/s1. The van der Waals surface area contributed by atoms with Crippen LogP contribution < -0.4 is 5.32 Å². The van der Waals surface area contributed by atoms with E-state index in [0.29, 0.717) is 0 Å². The first kappa shape index (κ1) is 16.0. The number of nitrogens with one attached hydrogen (secondary N) is 1. The van der Waals surface area contributed by atoms with E-state index in [0.717, 1.165) is 10.5 Å². The molecule has 0 aromatic heterocycles. The van der Waals surface area contributed by atoms with Gasteiger partial charge in [-0.15, -0.1) is 0 Å². The van der Waals surface area contributed by atoms with E-state index in [1.165, 1.54) is 0 Å². The molecule has 1 aromatic rings. The zero-order chi connectivity index (χ0) is 16.1. The number of urea groups is 1. The number of carbonyl (C=O) groups is 3. The van der Waals surface area contributed by atoms with Gasteiger partial charge in [-0.25, -0.2) is 4.79 Å². The lowest BCUT2D eigenvalue weighted by atomic mass is 9.99. The van der Waals surface area contributed by atoms with Gasteiger partial charge in [0.1, 0.15) is 0 Å². The summed E-state index contributed by atoms with van der Waals surface area (Å²) in [5, 5.41) is 2.78. The van der Waals surface area contributed by atoms with Crippen LogP contribution >= 0.6 is 0 Å². The summed E-state index contributed by atoms with van der Waals surface area (Å²) in [5.41, 5.74) is 0.950. The van der Waals surface area contributed by atoms with E-state index in [-0.39, 0.29) is 31.4 Å². The summed E-state index contributed by atoms with van der Waals surface area (Å²) in [7, 11) is 0. The van der Waals surface area contributed by atoms with Crippen molar-refractivity contribution in [1.82, 2.24) is 10.2 Å². The van der Waals surface area contributed by atoms with Crippen molar-refractivity contribution in [3.8, 4) is 0 Å². The van der Waals surface area contributed by atoms with Gasteiger partial charge in [-0.2, -0.15) is 0 Å². The fraction of sp³-hybridized carbons (Fsp3) is 0.438. The van der Waals surface area contributed by atoms with E-state index in [2.05, 4.69) is 5.32 Å². The van der Waals surface area contributed by atoms with Crippen LogP contribution in [0.15, 0.2) is 30.3 Å². The molecule has 1 heterocycles. The highest BCUT2D eigenvalue weighted by Crippen LogP contribution is 2.24. The molecule has 6 heteroatoms. The zero-order valence-corrected chi connectivity index (χ0v) is 12.7. The number of esters is 1. The first-order valence-electron chi connectivity index (χ1n) is 7.36. The quantitative estimate of drug-likeness (QED) is 0.667. The van der Waals surface area contributed by atoms with Gasteiger partial charge in [0.05, 0.1) is 25.1 Å². The molecular formula is C16H20N2O4. The number of likely N-dealkylation sites (tertiary alicyclic amines) is 1. The molecule has 0 bridgehead atoms. The smallest absolute Gasteiger partial charge is 0.324 e. The van der Waals surface area contributed by atoms with Crippen molar-refractivity contribution in [2.45, 2.75) is 38.8 Å². The summed E-state index contributed by atoms with van der Waals surface area (Å²) in [5.74, 6) is -0.666. The van der Waals surface area contributed by atoms with Gasteiger partial charge >= 0.3 is 12.0 Å². The lowest BCUT2D eigenvalue weighted by Gasteiger charge is -2.38. The number of rotatable bonds is 5. The molecule has 1 fully saturated rings. The number of imide groups is 1. The Bertz CT molecular complexity index is 559. The van der Waals surface area contributed by atoms with Crippen molar-refractivity contribution in [1.29, 1.82) is 0 Å². The number of ether oxygens (including phenoxy) is 1. The number of hydrogen-bond acceptors (Lipinski definition) is 4. The maximum Gasteiger partial charge on any atom is 0.324 e. The number of nitrogens with zero attached hydrogens (tertiary/aromatic N) is 1. The second-order valence-corrected chi connectivity index (χ2v) is 5.21. The molecule has 0 spiro atoms. The van der Waals surface area contributed by atoms with E-state index in [1.54, 1.807) is 6.92 Å². The van der Waals surface area contributed by atoms with Crippen molar-refractivity contribution in [3.63, 3.8) is 0 Å². The number of amides is 3. The summed E-state index contributed by atoms with van der Waals surface area (Å²) in [6.07, 6.45) is 0.249. The molecule has 0 saturated carbocycles. The summed E-state index contributed by atoms with van der Waals surface area (Å²) < 4.78 is 4.85. The average Bonchev–Trinajstić information content (AvgIpc) is 2.47. The summed E-state index contributed by atoms with van der Waals surface area (Å²) in [4.78, 5) is 36.4. The third-order valence-corrected chi connectivity index (χ3v) is 3.61. The number of hydrogen-bond donors (Lipinski definition) is 1. The summed E-state index contributed by atoms with van der Waals surface area (Å²) >= 11 is 0. The minimum Gasteiger partial charge on any atom is -0.466 e. The highest BCUT2D eigenvalue weighted by atomic mass is 16.5. The molecule has 1 N–H and O–H groups in total. The van der Waals surface area contributed by atoms with Crippen LogP contribution in [0.5, 0.6) is 0 Å². The van der Waals surface area contributed by atoms with Crippen molar-refractivity contribution in [2.24, 2.45) is 0 Å². The van der Waals surface area contributed by atoms with Gasteiger partial charge in [0.2, 0.25) is 5.91 Å². The van der Waals surface area contributed by atoms with Crippen LogP contribution in [0.1, 0.15) is 38.3 Å². The van der Waals surface area contributed by atoms with Crippen LogP contribution in [0.25, 0.3) is 0 Å². The van der Waals surface area contributed by atoms with E-state index in [4.69, 9.17) is 4.74 Å². The maximum absolute atomic E-state index is 12.2. The van der Waals surface area contributed by atoms with Crippen molar-refractivity contribution in [3.05, 3.63) is 35.9 Å². The Morgan fingerprint density at radius 2 is 2.05 bits per heavy atom. The molecule has 1 aliphatic heterocycles. The Hall–Kier alpha value is -2.37. The van der Waals surface area contributed by atoms with Crippen molar-refractivity contribution < 1.29 is 19.1 Å². The van der Waals surface area contributed by atoms with Gasteiger partial charge in [-0.3, -0.25) is 14.5 Å². The second kappa shape index (κ2) is 7.06. The predicted molar refractivity (Wildman–Crippen MR) is 79.9 cm³/mol. The normalized spacial score (nSPS) is 18.4. The Kier molecular flexibility index (Phi) is 5.14. The Morgan fingerprint density at radius 3 is 2.64 bits per heavy atom. The van der Waals surface area contributed by atoms with Gasteiger partial charge in [-0.05, 0) is 19.4 Å². The van der Waals surface area contributed by atoms with Crippen LogP contribution in [0.4, 0.5) is 4.79 Å². The molecule has 118 valence electrons. The molecular weight excluding hydrogens is 284 g/mol. The van der Waals surface area contributed by atoms with Crippen LogP contribution in [-0.4, -0.2) is 35.5 Å². The van der Waals surface area contributed by atoms with Crippen LogP contribution in [0, 0.1) is 0 Å². The number of carbonyl (C=O) groups excluding carboxylic acids is 3. The van der Waals surface area contributed by atoms with Gasteiger partial charge < -0.3 is 10.1 Å². The fourth-order valence-corrected chi connectivity index (χ4v) is 2.42. The Balaban J connectivity index is 1.93. The van der Waals surface area contributed by atoms with Gasteiger partial charge in [0.15, 0.2) is 0 Å². The van der Waals surface area contributed by atoms with Crippen molar-refractivity contribution in [2.75, 3.05) is 6.61 Å². The summed E-state index contributed by atoms with van der Waals surface area (Å²) in [6.45, 7) is 3.85. The number of benzene rings is 1. The van der Waals surface area contributed by atoms with Crippen LogP contribution in [0.2, 0.25) is 0 Å². The predicted octanol–water partition coefficient (Wildman–Crippen LogP) is 2.01. The van der Waals surface area contributed by atoms with Crippen molar-refractivity contribution >= 4 is 17.9 Å². The highest BCUT2D eigenvalue weighted by molar-refractivity contribution is 6.00. The van der Waals surface area contributed by atoms with E-state index in [1.807, 2.05) is 37.3 Å². The minimum atomic E-state index is -0.470. The molecule has 3 amide bonds. The lowest BCUT2D eigenvalue weighted by Crippen LogP contribution is -2.59. The average molecular weight is 304 g/mol. The Morgan fingerprint density at radius 1 is 1.36 bits per heavy atom. The molecule has 1 saturated heterocycles. The zero-order valence-electron chi connectivity index (χ0n) is 12.7. The minimum absolute atomic E-state index is 0.0483. The van der Waals surface area contributed by atoms with Gasteiger partial charge in [0, 0.05) is 6.42 Å². The van der Waals surface area contributed by atoms with E-state index >= 15 is 0 Å². The SMILES string of the molecule is CCOC(=O)C[C@@H]1CC(=O)N1C(=O)N[C@H](C)c1ccccc1. The topological polar surface area (TPSA) is 75.7 Å². The number of β-lactam (4-membered cyclic amide) rings is 1. The molecule has 0 radical (unpaired) electrons. The first-order chi connectivity index (χ1) is 10.5. The summed E-state index contributed by atoms with van der Waals surface area (Å²) in [6, 6.07) is 8.37. The molecule has 6 nitrogen and oxygen atoms in total. The van der Waals surface area contributed by atoms with Gasteiger partial charge in [0.25, 0.3) is 0 Å². The lowest BCUT2D eigenvalue weighted by molar-refractivity contribution is -0.149. The van der Waals surface area contributed by atoms with E-state index < -0.39 is 18.0 Å². The maximum atomic E-state index is 12.2. The first-order valence-corrected chi connectivity index (χ1v) is 7.36. The molecule has 0 unspecified atom stereocenters. The molecule has 1 aliphatic rings. The molecule has 1 aromatic carbocycles. The Labute approximate surface area is 129 Å². The molecule has 2 atom stereocenters. The van der Waals surface area contributed by atoms with E-state index in [9.17, 15) is 14.4 Å².